The summed E-state index contributed by atoms with van der Waals surface area (Å²) in [5.41, 5.74) is 2.96. The highest BCUT2D eigenvalue weighted by Crippen LogP contribution is 2.53. The van der Waals surface area contributed by atoms with Crippen molar-refractivity contribution in [1.29, 1.82) is 0 Å². The molecule has 1 N–H and O–H groups in total. The Bertz CT molecular complexity index is 1550. The van der Waals surface area contributed by atoms with Gasteiger partial charge in [0.05, 0.1) is 26.2 Å². The van der Waals surface area contributed by atoms with Gasteiger partial charge in [0.15, 0.2) is 0 Å². The number of hydrogen-bond donors (Lipinski definition) is 1. The first-order valence-electron chi connectivity index (χ1n) is 20.4. The minimum atomic E-state index is -1.25. The monoisotopic (exact) mass is 790 g/mol. The molecular formula is C42H70N4O6S2. The Balaban J connectivity index is 0.000000208. The van der Waals surface area contributed by atoms with E-state index in [0.29, 0.717) is 38.0 Å². The lowest BCUT2D eigenvalue weighted by atomic mass is 9.72. The molecule has 6 rings (SSSR count). The molecule has 0 aromatic rings. The number of carbonyl (C=O) groups excluding carboxylic acids is 2. The van der Waals surface area contributed by atoms with Crippen LogP contribution in [0.5, 0.6) is 0 Å². The standard InChI is InChI=1S/C21H36N2O3S.C21H34N2O3S/c2*1-19(2,3)26-18(24)23-13-11-21(12-14-23)10-9-16(15-7-8-15)17(21)22-27(25)20(4,5)6/h9,15,17,22H,7-8,10-14H2,1-6H3;9,15H,7-8,10-14H2,1-6H3/t17-,27-;27-/m11/s1. The van der Waals surface area contributed by atoms with E-state index in [1.165, 1.54) is 36.8 Å². The number of piperidine rings is 2. The Labute approximate surface area is 331 Å². The Hall–Kier alpha value is -2.05. The van der Waals surface area contributed by atoms with Crippen molar-refractivity contribution in [3.05, 3.63) is 23.3 Å². The number of carbonyl (C=O) groups is 2. The number of amides is 2. The highest BCUT2D eigenvalue weighted by molar-refractivity contribution is 7.85. The second-order valence-electron chi connectivity index (χ2n) is 20.6. The van der Waals surface area contributed by atoms with Crippen LogP contribution in [-0.2, 0) is 31.4 Å². The Morgan fingerprint density at radius 1 is 0.704 bits per heavy atom. The van der Waals surface area contributed by atoms with Crippen molar-refractivity contribution in [2.75, 3.05) is 26.2 Å². The molecule has 2 amide bonds. The molecule has 12 heteroatoms. The highest BCUT2D eigenvalue weighted by Gasteiger charge is 2.51. The lowest BCUT2D eigenvalue weighted by molar-refractivity contribution is 0.00864. The van der Waals surface area contributed by atoms with E-state index in [0.717, 1.165) is 44.2 Å². The van der Waals surface area contributed by atoms with Crippen LogP contribution < -0.4 is 4.72 Å². The van der Waals surface area contributed by atoms with Crippen LogP contribution in [-0.4, -0.2) is 89.0 Å². The number of rotatable bonds is 5. The van der Waals surface area contributed by atoms with Crippen molar-refractivity contribution in [3.63, 3.8) is 0 Å². The maximum absolute atomic E-state index is 12.9. The summed E-state index contributed by atoms with van der Waals surface area (Å²) >= 11 is 0. The molecule has 2 spiro atoms. The third-order valence-corrected chi connectivity index (χ3v) is 14.5. The van der Waals surface area contributed by atoms with Gasteiger partial charge in [-0.2, -0.15) is 4.40 Å². The molecule has 3 atom stereocenters. The van der Waals surface area contributed by atoms with Crippen LogP contribution in [0.1, 0.15) is 147 Å². The fourth-order valence-corrected chi connectivity index (χ4v) is 9.67. The van der Waals surface area contributed by atoms with Crippen molar-refractivity contribution in [3.8, 4) is 0 Å². The fraction of sp³-hybridized carbons (Fsp3) is 0.833. The van der Waals surface area contributed by atoms with Gasteiger partial charge in [-0.15, -0.1) is 0 Å². The number of nitrogens with one attached hydrogen (secondary N) is 1. The van der Waals surface area contributed by atoms with Gasteiger partial charge in [-0.05, 0) is 170 Å². The molecule has 54 heavy (non-hydrogen) atoms. The van der Waals surface area contributed by atoms with Crippen molar-refractivity contribution in [2.45, 2.75) is 174 Å². The average Bonchev–Trinajstić information content (AvgIpc) is 3.98. The topological polar surface area (TPSA) is 118 Å². The van der Waals surface area contributed by atoms with Gasteiger partial charge in [0.25, 0.3) is 0 Å². The van der Waals surface area contributed by atoms with Crippen LogP contribution in [0.4, 0.5) is 9.59 Å². The van der Waals surface area contributed by atoms with Crippen LogP contribution in [0.15, 0.2) is 27.7 Å². The van der Waals surface area contributed by atoms with Gasteiger partial charge in [-0.25, -0.2) is 22.7 Å². The molecule has 0 radical (unpaired) electrons. The molecule has 0 aromatic heterocycles. The van der Waals surface area contributed by atoms with Crippen molar-refractivity contribution in [2.24, 2.45) is 27.1 Å². The zero-order valence-corrected chi connectivity index (χ0v) is 37.0. The van der Waals surface area contributed by atoms with E-state index in [9.17, 15) is 18.0 Å². The maximum Gasteiger partial charge on any atom is 0.410 e. The summed E-state index contributed by atoms with van der Waals surface area (Å²) in [7, 11) is -2.34. The van der Waals surface area contributed by atoms with Crippen molar-refractivity contribution in [1.82, 2.24) is 14.5 Å². The SMILES string of the molecule is CC(C)(C)OC(=O)N1CCC2(CC=C(C3CC3)C2=N[S@](=O)C(C)(C)C)CC1.CC(C)(C)OC(=O)N1CCC2(CC=C(C3CC3)[C@H]2N[S@](=O)C(C)(C)C)CC1. The van der Waals surface area contributed by atoms with Gasteiger partial charge in [-0.3, -0.25) is 0 Å². The summed E-state index contributed by atoms with van der Waals surface area (Å²) < 4.78 is 44.3. The maximum atomic E-state index is 12.9. The fourth-order valence-electron chi connectivity index (χ4n) is 7.97. The Morgan fingerprint density at radius 3 is 1.61 bits per heavy atom. The minimum Gasteiger partial charge on any atom is -0.444 e. The van der Waals surface area contributed by atoms with Crippen molar-refractivity contribution < 1.29 is 27.5 Å². The summed E-state index contributed by atoms with van der Waals surface area (Å²) in [6, 6.07) is 0.172. The molecule has 4 fully saturated rings. The smallest absolute Gasteiger partial charge is 0.410 e. The van der Waals surface area contributed by atoms with Crippen molar-refractivity contribution >= 4 is 39.9 Å². The lowest BCUT2D eigenvalue weighted by Gasteiger charge is -2.44. The van der Waals surface area contributed by atoms with Crippen LogP contribution in [0, 0.1) is 22.7 Å². The van der Waals surface area contributed by atoms with E-state index >= 15 is 0 Å². The summed E-state index contributed by atoms with van der Waals surface area (Å²) in [4.78, 5) is 28.5. The molecule has 6 aliphatic rings. The molecule has 0 aromatic carbocycles. The number of likely N-dealkylation sites (tertiary alicyclic amines) is 2. The predicted molar refractivity (Wildman–Crippen MR) is 220 cm³/mol. The Morgan fingerprint density at radius 2 is 1.19 bits per heavy atom. The Kier molecular flexibility index (Phi) is 12.5. The molecule has 2 heterocycles. The number of allylic oxidation sites excluding steroid dienone is 3. The molecule has 10 nitrogen and oxygen atoms in total. The summed E-state index contributed by atoms with van der Waals surface area (Å²) in [6.07, 6.45) is 14.8. The van der Waals surface area contributed by atoms with Gasteiger partial charge < -0.3 is 19.3 Å². The van der Waals surface area contributed by atoms with Gasteiger partial charge in [0, 0.05) is 37.6 Å². The van der Waals surface area contributed by atoms with Crippen LogP contribution >= 0.6 is 0 Å². The lowest BCUT2D eigenvalue weighted by Crippen LogP contribution is -2.53. The number of hydrogen-bond acceptors (Lipinski definition) is 6. The first kappa shape index (κ1) is 43.1. The molecular weight excluding hydrogens is 721 g/mol. The molecule has 0 bridgehead atoms. The molecule has 2 aliphatic heterocycles. The van der Waals surface area contributed by atoms with Gasteiger partial charge in [-0.1, -0.05) is 17.7 Å². The van der Waals surface area contributed by atoms with E-state index in [-0.39, 0.29) is 38.6 Å². The third kappa shape index (κ3) is 10.7. The first-order chi connectivity index (χ1) is 24.8. The van der Waals surface area contributed by atoms with Crippen LogP contribution in [0.3, 0.4) is 0 Å². The van der Waals surface area contributed by atoms with Gasteiger partial charge in [0.2, 0.25) is 0 Å². The summed E-state index contributed by atoms with van der Waals surface area (Å²) in [6.45, 7) is 26.1. The highest BCUT2D eigenvalue weighted by atomic mass is 32.2. The van der Waals surface area contributed by atoms with Gasteiger partial charge in [0.1, 0.15) is 22.2 Å². The van der Waals surface area contributed by atoms with E-state index < -0.39 is 33.2 Å². The van der Waals surface area contributed by atoms with E-state index in [2.05, 4.69) is 16.9 Å². The summed E-state index contributed by atoms with van der Waals surface area (Å²) in [5.74, 6) is 1.27. The van der Waals surface area contributed by atoms with Crippen LogP contribution in [0.2, 0.25) is 0 Å². The minimum absolute atomic E-state index is 0.0582. The molecule has 0 unspecified atom stereocenters. The molecule has 2 saturated heterocycles. The normalized spacial score (nSPS) is 26.2. The van der Waals surface area contributed by atoms with E-state index in [4.69, 9.17) is 13.9 Å². The zero-order chi connectivity index (χ0) is 40.1. The third-order valence-electron chi connectivity index (χ3n) is 11.5. The molecule has 2 saturated carbocycles. The molecule has 306 valence electrons. The van der Waals surface area contributed by atoms with Crippen LogP contribution in [0.25, 0.3) is 0 Å². The molecule has 4 aliphatic carbocycles. The van der Waals surface area contributed by atoms with E-state index in [1.807, 2.05) is 92.9 Å². The largest absolute Gasteiger partial charge is 0.444 e. The van der Waals surface area contributed by atoms with Gasteiger partial charge >= 0.3 is 12.2 Å². The zero-order valence-electron chi connectivity index (χ0n) is 35.4. The first-order valence-corrected chi connectivity index (χ1v) is 22.6. The summed E-state index contributed by atoms with van der Waals surface area (Å²) in [5, 5.41) is 0. The average molecular weight is 791 g/mol. The second kappa shape index (κ2) is 15.7. The second-order valence-corrected chi connectivity index (χ2v) is 24.5. The van der Waals surface area contributed by atoms with E-state index in [1.54, 1.807) is 0 Å². The quantitative estimate of drug-likeness (QED) is 0.278. The number of ether oxygens (including phenoxy) is 2. The number of nitrogens with zero attached hydrogens (tertiary/aromatic N) is 3. The predicted octanol–water partition coefficient (Wildman–Crippen LogP) is 8.81.